The third-order valence-corrected chi connectivity index (χ3v) is 6.95. The van der Waals surface area contributed by atoms with Crippen molar-refractivity contribution >= 4 is 29.3 Å². The summed E-state index contributed by atoms with van der Waals surface area (Å²) in [5, 5.41) is 15.8. The lowest BCUT2D eigenvalue weighted by Gasteiger charge is -2.34. The van der Waals surface area contributed by atoms with Gasteiger partial charge in [0.25, 0.3) is 0 Å². The minimum absolute atomic E-state index is 0.000288. The average molecular weight is 439 g/mol. The maximum absolute atomic E-state index is 14.6. The molecule has 1 aliphatic rings. The molecule has 7 nitrogen and oxygen atoms in total. The number of aliphatic hydroxyl groups is 1. The number of aromatic nitrogens is 5. The molecule has 2 aromatic heterocycles. The zero-order valence-electron chi connectivity index (χ0n) is 15.7. The van der Waals surface area contributed by atoms with E-state index >= 15 is 0 Å². The van der Waals surface area contributed by atoms with E-state index in [9.17, 15) is 13.9 Å². The highest BCUT2D eigenvalue weighted by molar-refractivity contribution is 8.00. The quantitative estimate of drug-likeness (QED) is 0.568. The molecule has 1 aromatic carbocycles. The van der Waals surface area contributed by atoms with Gasteiger partial charge in [-0.3, -0.25) is 0 Å². The Morgan fingerprint density at radius 2 is 2.07 bits per heavy atom. The van der Waals surface area contributed by atoms with Gasteiger partial charge in [0, 0.05) is 30.0 Å². The van der Waals surface area contributed by atoms with Gasteiger partial charge in [-0.25, -0.2) is 18.4 Å². The lowest BCUT2D eigenvalue weighted by molar-refractivity contribution is 0.0133. The first-order valence-corrected chi connectivity index (χ1v) is 10.8. The largest absolute Gasteiger partial charge is 0.382 e. The standard InChI is InChI=1S/C18H20F2N6OS2/c1-12(28-17-16(23-29-24-17)25-6-2-3-7-25)18(27,9-26-11-21-10-22-26)14-5-4-13(19)8-15(14)20/h4-5,8,10-12,27H,2-3,6-7,9H2,1H3/t12-,18-/m1/s1. The number of hydrogen-bond acceptors (Lipinski definition) is 8. The van der Waals surface area contributed by atoms with Crippen molar-refractivity contribution in [1.82, 2.24) is 23.5 Å². The van der Waals surface area contributed by atoms with Crippen LogP contribution in [-0.2, 0) is 12.1 Å². The number of hydrogen-bond donors (Lipinski definition) is 1. The second-order valence-electron chi connectivity index (χ2n) is 6.99. The number of thioether (sulfide) groups is 1. The zero-order valence-corrected chi connectivity index (χ0v) is 17.3. The van der Waals surface area contributed by atoms with E-state index in [4.69, 9.17) is 0 Å². The number of nitrogens with zero attached hydrogens (tertiary/aromatic N) is 6. The molecule has 0 saturated carbocycles. The first-order chi connectivity index (χ1) is 14.0. The van der Waals surface area contributed by atoms with E-state index in [0.29, 0.717) is 5.03 Å². The van der Waals surface area contributed by atoms with Crippen LogP contribution < -0.4 is 4.90 Å². The third kappa shape index (κ3) is 4.12. The van der Waals surface area contributed by atoms with E-state index in [1.54, 1.807) is 6.92 Å². The minimum atomic E-state index is -1.68. The van der Waals surface area contributed by atoms with E-state index in [2.05, 4.69) is 23.7 Å². The van der Waals surface area contributed by atoms with Crippen LogP contribution in [0.4, 0.5) is 14.6 Å². The molecule has 3 heterocycles. The number of rotatable bonds is 7. The molecule has 0 aliphatic carbocycles. The van der Waals surface area contributed by atoms with Crippen LogP contribution in [0.25, 0.3) is 0 Å². The van der Waals surface area contributed by atoms with Crippen LogP contribution in [0.15, 0.2) is 35.9 Å². The van der Waals surface area contributed by atoms with Gasteiger partial charge in [-0.05, 0) is 25.8 Å². The van der Waals surface area contributed by atoms with E-state index in [1.165, 1.54) is 35.2 Å². The molecule has 29 heavy (non-hydrogen) atoms. The Morgan fingerprint density at radius 1 is 1.28 bits per heavy atom. The molecule has 0 amide bonds. The molecule has 2 atom stereocenters. The molecule has 1 fully saturated rings. The van der Waals surface area contributed by atoms with Crippen LogP contribution in [0.3, 0.4) is 0 Å². The maximum atomic E-state index is 14.6. The van der Waals surface area contributed by atoms with Crippen LogP contribution in [0, 0.1) is 11.6 Å². The summed E-state index contributed by atoms with van der Waals surface area (Å²) in [4.78, 5) is 6.06. The van der Waals surface area contributed by atoms with E-state index in [1.807, 2.05) is 0 Å². The summed E-state index contributed by atoms with van der Waals surface area (Å²) < 4.78 is 38.4. The second kappa shape index (κ2) is 8.33. The van der Waals surface area contributed by atoms with Crippen molar-refractivity contribution in [3.8, 4) is 0 Å². The van der Waals surface area contributed by atoms with Crippen molar-refractivity contribution in [2.75, 3.05) is 18.0 Å². The molecule has 0 spiro atoms. The van der Waals surface area contributed by atoms with Crippen LogP contribution in [-0.4, -0.2) is 47.0 Å². The minimum Gasteiger partial charge on any atom is -0.382 e. The lowest BCUT2D eigenvalue weighted by Crippen LogP contribution is -2.41. The van der Waals surface area contributed by atoms with Crippen molar-refractivity contribution in [3.05, 3.63) is 48.1 Å². The first kappa shape index (κ1) is 20.2. The van der Waals surface area contributed by atoms with Gasteiger partial charge in [0.2, 0.25) is 0 Å². The van der Waals surface area contributed by atoms with Gasteiger partial charge in [0.05, 0.1) is 18.3 Å². The molecule has 154 valence electrons. The number of halogens is 2. The molecule has 1 N–H and O–H groups in total. The van der Waals surface area contributed by atoms with Gasteiger partial charge < -0.3 is 10.0 Å². The SMILES string of the molecule is C[C@@H](Sc1nsnc1N1CCCC1)[C@](O)(Cn1cncn1)c1ccc(F)cc1F. The van der Waals surface area contributed by atoms with Crippen molar-refractivity contribution < 1.29 is 13.9 Å². The van der Waals surface area contributed by atoms with Gasteiger partial charge in [0.15, 0.2) is 10.8 Å². The molecule has 1 aliphatic heterocycles. The maximum Gasteiger partial charge on any atom is 0.176 e. The normalized spacial score (nSPS) is 17.4. The highest BCUT2D eigenvalue weighted by Gasteiger charge is 2.41. The Bertz CT molecular complexity index is 963. The first-order valence-electron chi connectivity index (χ1n) is 9.22. The van der Waals surface area contributed by atoms with Crippen LogP contribution in [0.1, 0.15) is 25.3 Å². The van der Waals surface area contributed by atoms with Crippen molar-refractivity contribution in [2.24, 2.45) is 0 Å². The average Bonchev–Trinajstić information content (AvgIpc) is 3.44. The van der Waals surface area contributed by atoms with Gasteiger partial charge in [-0.2, -0.15) is 13.8 Å². The third-order valence-electron chi connectivity index (χ3n) is 5.08. The molecular formula is C18H20F2N6OS2. The summed E-state index contributed by atoms with van der Waals surface area (Å²) in [6.45, 7) is 3.59. The lowest BCUT2D eigenvalue weighted by atomic mass is 9.90. The number of anilines is 1. The fourth-order valence-corrected chi connectivity index (χ4v) is 5.29. The van der Waals surface area contributed by atoms with Gasteiger partial charge >= 0.3 is 0 Å². The summed E-state index contributed by atoms with van der Waals surface area (Å²) in [5.41, 5.74) is -1.68. The Hall–Kier alpha value is -2.11. The van der Waals surface area contributed by atoms with Gasteiger partial charge in [0.1, 0.15) is 29.9 Å². The molecule has 0 bridgehead atoms. The summed E-state index contributed by atoms with van der Waals surface area (Å²) in [7, 11) is 0. The molecule has 4 rings (SSSR count). The number of benzene rings is 1. The smallest absolute Gasteiger partial charge is 0.176 e. The Kier molecular flexibility index (Phi) is 5.79. The molecular weight excluding hydrogens is 418 g/mol. The Morgan fingerprint density at radius 3 is 2.76 bits per heavy atom. The summed E-state index contributed by atoms with van der Waals surface area (Å²) in [6.07, 6.45) is 5.00. The highest BCUT2D eigenvalue weighted by atomic mass is 32.2. The van der Waals surface area contributed by atoms with Crippen LogP contribution >= 0.6 is 23.5 Å². The van der Waals surface area contributed by atoms with E-state index in [0.717, 1.165) is 55.6 Å². The van der Waals surface area contributed by atoms with Crippen molar-refractivity contribution in [2.45, 2.75) is 42.2 Å². The topological polar surface area (TPSA) is 80.0 Å². The van der Waals surface area contributed by atoms with Crippen LogP contribution in [0.5, 0.6) is 0 Å². The van der Waals surface area contributed by atoms with Crippen molar-refractivity contribution in [3.63, 3.8) is 0 Å². The zero-order chi connectivity index (χ0) is 20.4. The highest BCUT2D eigenvalue weighted by Crippen LogP contribution is 2.41. The molecule has 3 aromatic rings. The predicted octanol–water partition coefficient (Wildman–Crippen LogP) is 3.08. The van der Waals surface area contributed by atoms with Gasteiger partial charge in [-0.15, -0.1) is 0 Å². The Labute approximate surface area is 175 Å². The molecule has 11 heteroatoms. The predicted molar refractivity (Wildman–Crippen MR) is 107 cm³/mol. The fraction of sp³-hybridized carbons (Fsp3) is 0.444. The summed E-state index contributed by atoms with van der Waals surface area (Å²) >= 11 is 2.44. The molecule has 1 saturated heterocycles. The Balaban J connectivity index is 1.66. The van der Waals surface area contributed by atoms with E-state index < -0.39 is 22.5 Å². The molecule has 0 unspecified atom stereocenters. The fourth-order valence-electron chi connectivity index (χ4n) is 3.47. The summed E-state index contributed by atoms with van der Waals surface area (Å²) in [6, 6.07) is 3.20. The van der Waals surface area contributed by atoms with Gasteiger partial charge in [-0.1, -0.05) is 17.8 Å². The second-order valence-corrected chi connectivity index (χ2v) is 8.85. The van der Waals surface area contributed by atoms with E-state index in [-0.39, 0.29) is 12.1 Å². The van der Waals surface area contributed by atoms with Crippen LogP contribution in [0.2, 0.25) is 0 Å². The van der Waals surface area contributed by atoms with Crippen molar-refractivity contribution in [1.29, 1.82) is 0 Å². The summed E-state index contributed by atoms with van der Waals surface area (Å²) in [5.74, 6) is -0.710. The monoisotopic (exact) mass is 438 g/mol. The molecule has 0 radical (unpaired) electrons.